The van der Waals surface area contributed by atoms with Crippen molar-refractivity contribution < 1.29 is 19.2 Å². The third-order valence-corrected chi connectivity index (χ3v) is 4.42. The van der Waals surface area contributed by atoms with E-state index in [-0.39, 0.29) is 12.0 Å². The molecule has 1 aromatic carbocycles. The van der Waals surface area contributed by atoms with E-state index in [1.54, 1.807) is 7.05 Å². The zero-order valence-electron chi connectivity index (χ0n) is 16.7. The summed E-state index contributed by atoms with van der Waals surface area (Å²) in [5.41, 5.74) is 0.989. The van der Waals surface area contributed by atoms with E-state index in [2.05, 4.69) is 5.32 Å². The van der Waals surface area contributed by atoms with E-state index < -0.39 is 0 Å². The van der Waals surface area contributed by atoms with Crippen molar-refractivity contribution in [2.24, 2.45) is 0 Å². The minimum Gasteiger partial charge on any atom is -0.445 e. The van der Waals surface area contributed by atoms with Crippen molar-refractivity contribution in [3.8, 4) is 0 Å². The van der Waals surface area contributed by atoms with Crippen LogP contribution >= 0.6 is 0 Å². The number of amides is 2. The average molecular weight is 379 g/mol. The van der Waals surface area contributed by atoms with Crippen molar-refractivity contribution >= 4 is 12.0 Å². The Labute approximate surface area is 163 Å². The van der Waals surface area contributed by atoms with E-state index in [4.69, 9.17) is 9.57 Å². The van der Waals surface area contributed by atoms with Gasteiger partial charge in [-0.25, -0.2) is 9.86 Å². The largest absolute Gasteiger partial charge is 0.445 e. The lowest BCUT2D eigenvalue weighted by Crippen LogP contribution is -2.25. The van der Waals surface area contributed by atoms with Crippen LogP contribution in [0.4, 0.5) is 4.79 Å². The van der Waals surface area contributed by atoms with Gasteiger partial charge in [0, 0.05) is 20.0 Å². The van der Waals surface area contributed by atoms with Crippen molar-refractivity contribution in [3.63, 3.8) is 0 Å². The third kappa shape index (κ3) is 12.0. The van der Waals surface area contributed by atoms with Gasteiger partial charge in [0.15, 0.2) is 0 Å². The van der Waals surface area contributed by atoms with Gasteiger partial charge in [-0.3, -0.25) is 9.63 Å². The molecule has 6 nitrogen and oxygen atoms in total. The monoisotopic (exact) mass is 378 g/mol. The average Bonchev–Trinajstić information content (AvgIpc) is 2.70. The van der Waals surface area contributed by atoms with Crippen molar-refractivity contribution in [1.82, 2.24) is 10.4 Å². The molecule has 0 bridgehead atoms. The van der Waals surface area contributed by atoms with E-state index in [9.17, 15) is 9.59 Å². The molecular formula is C21H34N2O4. The first kappa shape index (κ1) is 23.0. The molecular weight excluding hydrogens is 344 g/mol. The van der Waals surface area contributed by atoms with Gasteiger partial charge in [-0.05, 0) is 18.4 Å². The molecule has 0 aliphatic heterocycles. The zero-order chi connectivity index (χ0) is 19.7. The summed E-state index contributed by atoms with van der Waals surface area (Å²) in [6.07, 6.45) is 9.00. The number of carbonyl (C=O) groups is 2. The Morgan fingerprint density at radius 2 is 1.52 bits per heavy atom. The molecule has 0 spiro atoms. The van der Waals surface area contributed by atoms with Crippen LogP contribution in [-0.4, -0.2) is 37.8 Å². The minimum absolute atomic E-state index is 0.0345. The number of hydroxylamine groups is 2. The smallest absolute Gasteiger partial charge is 0.407 e. The lowest BCUT2D eigenvalue weighted by molar-refractivity contribution is -0.168. The SMILES string of the molecule is CON(C)C(=O)CCCCCCCCCCNC(=O)OCc1ccccc1. The maximum Gasteiger partial charge on any atom is 0.407 e. The number of ether oxygens (including phenoxy) is 1. The molecule has 6 heteroatoms. The summed E-state index contributed by atoms with van der Waals surface area (Å²) in [5.74, 6) is 0.0345. The lowest BCUT2D eigenvalue weighted by atomic mass is 10.1. The summed E-state index contributed by atoms with van der Waals surface area (Å²) < 4.78 is 5.16. The van der Waals surface area contributed by atoms with Gasteiger partial charge in [0.25, 0.3) is 0 Å². The van der Waals surface area contributed by atoms with Gasteiger partial charge in [0.1, 0.15) is 6.61 Å². The second kappa shape index (κ2) is 15.0. The molecule has 2 amide bonds. The van der Waals surface area contributed by atoms with Crippen LogP contribution in [0.2, 0.25) is 0 Å². The van der Waals surface area contributed by atoms with Crippen LogP contribution in [0.1, 0.15) is 63.4 Å². The number of hydrogen-bond donors (Lipinski definition) is 1. The highest BCUT2D eigenvalue weighted by atomic mass is 16.7. The Hall–Kier alpha value is -2.08. The van der Waals surface area contributed by atoms with E-state index in [0.29, 0.717) is 19.6 Å². The minimum atomic E-state index is -0.354. The van der Waals surface area contributed by atoms with Gasteiger partial charge in [-0.15, -0.1) is 0 Å². The Morgan fingerprint density at radius 1 is 0.926 bits per heavy atom. The van der Waals surface area contributed by atoms with E-state index in [0.717, 1.165) is 37.7 Å². The van der Waals surface area contributed by atoms with E-state index in [1.807, 2.05) is 30.3 Å². The highest BCUT2D eigenvalue weighted by molar-refractivity contribution is 5.74. The molecule has 0 fully saturated rings. The molecule has 1 N–H and O–H groups in total. The maximum absolute atomic E-state index is 11.6. The summed E-state index contributed by atoms with van der Waals surface area (Å²) in [6.45, 7) is 0.961. The first-order valence-corrected chi connectivity index (χ1v) is 9.88. The fraction of sp³-hybridized carbons (Fsp3) is 0.619. The van der Waals surface area contributed by atoms with Crippen LogP contribution in [0.5, 0.6) is 0 Å². The first-order chi connectivity index (χ1) is 13.1. The summed E-state index contributed by atoms with van der Waals surface area (Å²) in [5, 5.41) is 4.07. The molecule has 0 aliphatic carbocycles. The highest BCUT2D eigenvalue weighted by Crippen LogP contribution is 2.10. The Balaban J connectivity index is 1.85. The second-order valence-electron chi connectivity index (χ2n) is 6.64. The Morgan fingerprint density at radius 3 is 2.15 bits per heavy atom. The number of hydrogen-bond acceptors (Lipinski definition) is 4. The first-order valence-electron chi connectivity index (χ1n) is 9.88. The van der Waals surface area contributed by atoms with Crippen LogP contribution in [0.15, 0.2) is 30.3 Å². The fourth-order valence-corrected chi connectivity index (χ4v) is 2.69. The molecule has 0 radical (unpaired) electrons. The molecule has 0 aliphatic rings. The molecule has 27 heavy (non-hydrogen) atoms. The van der Waals surface area contributed by atoms with Crippen LogP contribution in [0, 0.1) is 0 Å². The number of nitrogens with one attached hydrogen (secondary N) is 1. The summed E-state index contributed by atoms with van der Waals surface area (Å²) >= 11 is 0. The van der Waals surface area contributed by atoms with Gasteiger partial charge in [0.05, 0.1) is 7.11 Å². The molecule has 0 saturated heterocycles. The predicted molar refractivity (Wildman–Crippen MR) is 106 cm³/mol. The molecule has 0 atom stereocenters. The molecule has 1 rings (SSSR count). The molecule has 0 saturated carbocycles. The third-order valence-electron chi connectivity index (χ3n) is 4.42. The molecule has 0 heterocycles. The predicted octanol–water partition coefficient (Wildman–Crippen LogP) is 4.44. The van der Waals surface area contributed by atoms with Crippen LogP contribution in [0.3, 0.4) is 0 Å². The van der Waals surface area contributed by atoms with Gasteiger partial charge in [-0.1, -0.05) is 68.9 Å². The topological polar surface area (TPSA) is 67.9 Å². The normalized spacial score (nSPS) is 10.4. The Bertz CT molecular complexity index is 522. The highest BCUT2D eigenvalue weighted by Gasteiger charge is 2.06. The van der Waals surface area contributed by atoms with E-state index in [1.165, 1.54) is 31.4 Å². The van der Waals surface area contributed by atoms with Crippen molar-refractivity contribution in [2.45, 2.75) is 64.4 Å². The van der Waals surface area contributed by atoms with E-state index >= 15 is 0 Å². The van der Waals surface area contributed by atoms with Gasteiger partial charge in [0.2, 0.25) is 5.91 Å². The quantitative estimate of drug-likeness (QED) is 0.384. The van der Waals surface area contributed by atoms with Crippen LogP contribution in [0.25, 0.3) is 0 Å². The number of nitrogens with zero attached hydrogens (tertiary/aromatic N) is 1. The summed E-state index contributed by atoms with van der Waals surface area (Å²) in [7, 11) is 3.14. The molecule has 1 aromatic rings. The Kier molecular flexibility index (Phi) is 12.8. The number of rotatable bonds is 14. The van der Waals surface area contributed by atoms with Crippen LogP contribution < -0.4 is 5.32 Å². The zero-order valence-corrected chi connectivity index (χ0v) is 16.7. The van der Waals surface area contributed by atoms with Crippen molar-refractivity contribution in [3.05, 3.63) is 35.9 Å². The molecule has 0 aromatic heterocycles. The number of carbonyl (C=O) groups excluding carboxylic acids is 2. The summed E-state index contributed by atoms with van der Waals surface area (Å²) in [6, 6.07) is 9.66. The van der Waals surface area contributed by atoms with Crippen molar-refractivity contribution in [1.29, 1.82) is 0 Å². The standard InChI is InChI=1S/C21H34N2O4/c1-23(26-2)20(24)16-12-7-5-3-4-6-8-13-17-22-21(25)27-18-19-14-10-9-11-15-19/h9-11,14-15H,3-8,12-13,16-18H2,1-2H3,(H,22,25). The number of benzene rings is 1. The second-order valence-corrected chi connectivity index (χ2v) is 6.64. The fourth-order valence-electron chi connectivity index (χ4n) is 2.69. The number of unbranched alkanes of at least 4 members (excludes halogenated alkanes) is 7. The maximum atomic E-state index is 11.6. The van der Waals surface area contributed by atoms with Gasteiger partial charge in [-0.2, -0.15) is 0 Å². The van der Waals surface area contributed by atoms with Gasteiger partial charge >= 0.3 is 6.09 Å². The van der Waals surface area contributed by atoms with Gasteiger partial charge < -0.3 is 10.1 Å². The van der Waals surface area contributed by atoms with Crippen molar-refractivity contribution in [2.75, 3.05) is 20.7 Å². The molecule has 0 unspecified atom stereocenters. The van der Waals surface area contributed by atoms with Crippen LogP contribution in [-0.2, 0) is 21.0 Å². The lowest BCUT2D eigenvalue weighted by Gasteiger charge is -2.13. The summed E-state index contributed by atoms with van der Waals surface area (Å²) in [4.78, 5) is 28.0. The molecule has 152 valence electrons. The number of alkyl carbamates (subject to hydrolysis) is 1.